The molecule has 0 aliphatic carbocycles. The Morgan fingerprint density at radius 1 is 0.433 bits per heavy atom. The minimum Gasteiger partial charge on any atom is -0.462 e. The fraction of sp³-hybridized carbons (Fsp3) is 0.836. The summed E-state index contributed by atoms with van der Waals surface area (Å²) in [5.41, 5.74) is 0. The van der Waals surface area contributed by atoms with Gasteiger partial charge in [-0.05, 0) is 89.9 Å². The fourth-order valence-electron chi connectivity index (χ4n) is 8.90. The van der Waals surface area contributed by atoms with Crippen LogP contribution in [0, 0.1) is 0 Å². The number of ether oxygens (including phenoxy) is 1. The lowest BCUT2D eigenvalue weighted by molar-refractivity contribution is -0.151. The molecule has 0 spiro atoms. The van der Waals surface area contributed by atoms with Crippen LogP contribution in [-0.2, 0) is 14.3 Å². The minimum absolute atomic E-state index is 0.0634. The monoisotopic (exact) mass is 940 g/mol. The van der Waals surface area contributed by atoms with Crippen LogP contribution in [0.15, 0.2) is 48.6 Å². The Morgan fingerprint density at radius 2 is 0.761 bits per heavy atom. The lowest BCUT2D eigenvalue weighted by Crippen LogP contribution is -2.46. The molecule has 0 saturated heterocycles. The van der Waals surface area contributed by atoms with Crippen LogP contribution in [0.5, 0.6) is 0 Å². The predicted octanol–water partition coefficient (Wildman–Crippen LogP) is 18.2. The Bertz CT molecular complexity index is 1150. The van der Waals surface area contributed by atoms with E-state index in [1.807, 2.05) is 0 Å². The second-order valence-electron chi connectivity index (χ2n) is 20.0. The maximum Gasteiger partial charge on any atom is 0.306 e. The average molecular weight is 941 g/mol. The van der Waals surface area contributed by atoms with Crippen molar-refractivity contribution < 1.29 is 24.5 Å². The average Bonchev–Trinajstić information content (AvgIpc) is 3.32. The predicted molar refractivity (Wildman–Crippen MR) is 292 cm³/mol. The first-order valence-corrected chi connectivity index (χ1v) is 29.4. The SMILES string of the molecule is CCCCC/C=C\C/C=C\C/C=C\CCCCCCC(CC(=O)NC(CO)C(O)CCCCCCCCCCCCCC)OC(=O)CCCCCCCCCCC/C=C/CCCCCCCC. The maximum atomic E-state index is 13.3. The van der Waals surface area contributed by atoms with E-state index >= 15 is 0 Å². The van der Waals surface area contributed by atoms with E-state index < -0.39 is 18.2 Å². The van der Waals surface area contributed by atoms with Gasteiger partial charge in [-0.2, -0.15) is 0 Å². The zero-order valence-corrected chi connectivity index (χ0v) is 44.8. The Hall–Kier alpha value is -2.18. The van der Waals surface area contributed by atoms with Gasteiger partial charge in [-0.3, -0.25) is 9.59 Å². The second kappa shape index (κ2) is 54.8. The van der Waals surface area contributed by atoms with E-state index in [4.69, 9.17) is 4.74 Å². The maximum absolute atomic E-state index is 13.3. The number of amides is 1. The first-order valence-electron chi connectivity index (χ1n) is 29.4. The van der Waals surface area contributed by atoms with Crippen LogP contribution in [0.1, 0.15) is 303 Å². The summed E-state index contributed by atoms with van der Waals surface area (Å²) >= 11 is 0. The van der Waals surface area contributed by atoms with Crippen molar-refractivity contribution in [2.24, 2.45) is 0 Å². The van der Waals surface area contributed by atoms with E-state index in [9.17, 15) is 19.8 Å². The van der Waals surface area contributed by atoms with E-state index in [1.54, 1.807) is 0 Å². The van der Waals surface area contributed by atoms with Gasteiger partial charge in [-0.15, -0.1) is 0 Å². The molecule has 1 amide bonds. The Balaban J connectivity index is 4.58. The molecule has 0 fully saturated rings. The van der Waals surface area contributed by atoms with Gasteiger partial charge in [-0.25, -0.2) is 0 Å². The minimum atomic E-state index is -0.794. The summed E-state index contributed by atoms with van der Waals surface area (Å²) < 4.78 is 5.96. The molecule has 67 heavy (non-hydrogen) atoms. The molecule has 0 aromatic rings. The first kappa shape index (κ1) is 64.8. The molecular formula is C61H113NO5. The molecule has 3 unspecified atom stereocenters. The van der Waals surface area contributed by atoms with Crippen molar-refractivity contribution >= 4 is 11.9 Å². The molecular weight excluding hydrogens is 827 g/mol. The Labute approximate surface area is 416 Å². The van der Waals surface area contributed by atoms with Gasteiger partial charge in [-0.1, -0.05) is 249 Å². The lowest BCUT2D eigenvalue weighted by atomic mass is 10.0. The molecule has 0 aromatic heterocycles. The molecule has 0 aliphatic rings. The van der Waals surface area contributed by atoms with Crippen LogP contribution in [0.25, 0.3) is 0 Å². The van der Waals surface area contributed by atoms with Gasteiger partial charge in [0.15, 0.2) is 0 Å². The van der Waals surface area contributed by atoms with Gasteiger partial charge in [0.25, 0.3) is 0 Å². The highest BCUT2D eigenvalue weighted by Crippen LogP contribution is 2.18. The molecule has 3 N–H and O–H groups in total. The quantitative estimate of drug-likeness (QED) is 0.0321. The van der Waals surface area contributed by atoms with E-state index in [0.717, 1.165) is 83.5 Å². The third-order valence-corrected chi connectivity index (χ3v) is 13.4. The molecule has 0 saturated carbocycles. The van der Waals surface area contributed by atoms with Crippen molar-refractivity contribution in [2.45, 2.75) is 322 Å². The highest BCUT2D eigenvalue weighted by Gasteiger charge is 2.24. The van der Waals surface area contributed by atoms with Gasteiger partial charge in [0.05, 0.1) is 25.2 Å². The number of carbonyl (C=O) groups is 2. The van der Waals surface area contributed by atoms with Crippen LogP contribution < -0.4 is 5.32 Å². The van der Waals surface area contributed by atoms with Crippen molar-refractivity contribution in [1.29, 1.82) is 0 Å². The number of aliphatic hydroxyl groups is 2. The van der Waals surface area contributed by atoms with Crippen LogP contribution in [0.2, 0.25) is 0 Å². The summed E-state index contributed by atoms with van der Waals surface area (Å²) in [6, 6.07) is -0.709. The van der Waals surface area contributed by atoms with Crippen LogP contribution in [0.3, 0.4) is 0 Å². The highest BCUT2D eigenvalue weighted by molar-refractivity contribution is 5.77. The van der Waals surface area contributed by atoms with E-state index in [1.165, 1.54) is 173 Å². The standard InChI is InChI=1S/C61H113NO5/c1-4-7-10-13-16-19-22-25-27-29-30-32-34-36-39-42-45-48-51-54-61(66)67-57(52-49-46-43-40-37-35-33-31-28-26-23-20-17-14-11-8-5-2)55-60(65)62-58(56-63)59(64)53-50-47-44-41-38-24-21-18-15-12-9-6-3/h17,20,25-28,33,35,57-59,63-64H,4-16,18-19,21-24,29-32,34,36-56H2,1-3H3,(H,62,65)/b20-17-,27-25+,28-26-,35-33-. The first-order chi connectivity index (χ1) is 33.0. The van der Waals surface area contributed by atoms with E-state index in [2.05, 4.69) is 74.7 Å². The molecule has 0 heterocycles. The van der Waals surface area contributed by atoms with E-state index in [0.29, 0.717) is 19.3 Å². The van der Waals surface area contributed by atoms with Gasteiger partial charge >= 0.3 is 5.97 Å². The van der Waals surface area contributed by atoms with Crippen molar-refractivity contribution in [1.82, 2.24) is 5.32 Å². The van der Waals surface area contributed by atoms with Gasteiger partial charge in [0.1, 0.15) is 6.10 Å². The van der Waals surface area contributed by atoms with Gasteiger partial charge in [0, 0.05) is 6.42 Å². The van der Waals surface area contributed by atoms with E-state index in [-0.39, 0.29) is 24.9 Å². The number of rotatable bonds is 53. The second-order valence-corrected chi connectivity index (χ2v) is 20.0. The molecule has 6 heteroatoms. The number of hydrogen-bond donors (Lipinski definition) is 3. The number of nitrogens with one attached hydrogen (secondary N) is 1. The summed E-state index contributed by atoms with van der Waals surface area (Å²) in [6.07, 6.45) is 67.5. The molecule has 0 radical (unpaired) electrons. The number of esters is 1. The largest absolute Gasteiger partial charge is 0.462 e. The van der Waals surface area contributed by atoms with Crippen molar-refractivity contribution in [2.75, 3.05) is 6.61 Å². The molecule has 0 bridgehead atoms. The fourth-order valence-corrected chi connectivity index (χ4v) is 8.90. The molecule has 0 aromatic carbocycles. The third-order valence-electron chi connectivity index (χ3n) is 13.4. The van der Waals surface area contributed by atoms with Crippen molar-refractivity contribution in [3.63, 3.8) is 0 Å². The summed E-state index contributed by atoms with van der Waals surface area (Å²) in [7, 11) is 0. The van der Waals surface area contributed by atoms with Crippen LogP contribution in [0.4, 0.5) is 0 Å². The number of allylic oxidation sites excluding steroid dienone is 8. The zero-order valence-electron chi connectivity index (χ0n) is 44.8. The highest BCUT2D eigenvalue weighted by atomic mass is 16.5. The smallest absolute Gasteiger partial charge is 0.306 e. The molecule has 6 nitrogen and oxygen atoms in total. The van der Waals surface area contributed by atoms with Gasteiger partial charge < -0.3 is 20.3 Å². The summed E-state index contributed by atoms with van der Waals surface area (Å²) in [4.78, 5) is 26.3. The van der Waals surface area contributed by atoms with Crippen LogP contribution >= 0.6 is 0 Å². The Morgan fingerprint density at radius 3 is 1.19 bits per heavy atom. The Kier molecular flexibility index (Phi) is 53.0. The lowest BCUT2D eigenvalue weighted by Gasteiger charge is -2.24. The summed E-state index contributed by atoms with van der Waals surface area (Å²) in [5, 5.41) is 23.9. The topological polar surface area (TPSA) is 95.9 Å². The molecule has 392 valence electrons. The normalized spacial score (nSPS) is 13.4. The summed E-state index contributed by atoms with van der Waals surface area (Å²) in [5.74, 6) is -0.487. The molecule has 0 rings (SSSR count). The number of aliphatic hydroxyl groups excluding tert-OH is 2. The molecule has 3 atom stereocenters. The summed E-state index contributed by atoms with van der Waals surface area (Å²) in [6.45, 7) is 6.47. The van der Waals surface area contributed by atoms with Gasteiger partial charge in [0.2, 0.25) is 5.91 Å². The van der Waals surface area contributed by atoms with Crippen molar-refractivity contribution in [3.05, 3.63) is 48.6 Å². The molecule has 0 aliphatic heterocycles. The third kappa shape index (κ3) is 50.0. The van der Waals surface area contributed by atoms with Crippen molar-refractivity contribution in [3.8, 4) is 0 Å². The van der Waals surface area contributed by atoms with Crippen LogP contribution in [-0.4, -0.2) is 46.9 Å². The zero-order chi connectivity index (χ0) is 48.8. The number of hydrogen-bond acceptors (Lipinski definition) is 5. The number of unbranched alkanes of at least 4 members (excludes halogenated alkanes) is 33. The number of carbonyl (C=O) groups excluding carboxylic acids is 2.